The van der Waals surface area contributed by atoms with Gasteiger partial charge in [-0.2, -0.15) is 10.5 Å². The van der Waals surface area contributed by atoms with Crippen molar-refractivity contribution in [3.05, 3.63) is 70.3 Å². The van der Waals surface area contributed by atoms with Crippen molar-refractivity contribution in [3.8, 4) is 12.1 Å². The van der Waals surface area contributed by atoms with Crippen LogP contribution in [0.1, 0.15) is 27.8 Å². The first-order valence-corrected chi connectivity index (χ1v) is 5.72. The van der Waals surface area contributed by atoms with Crippen molar-refractivity contribution in [2.24, 2.45) is 0 Å². The molecule has 2 nitrogen and oxygen atoms in total. The minimum Gasteiger partial charge on any atom is -0.192 e. The van der Waals surface area contributed by atoms with E-state index < -0.39 is 0 Å². The molecular weight excluding hydrogens is 220 g/mol. The average Bonchev–Trinajstić information content (AvgIpc) is 2.39. The van der Waals surface area contributed by atoms with Crippen LogP contribution < -0.4 is 0 Å². The summed E-state index contributed by atoms with van der Waals surface area (Å²) in [6.45, 7) is 1.94. The van der Waals surface area contributed by atoms with Crippen molar-refractivity contribution >= 4 is 0 Å². The van der Waals surface area contributed by atoms with Gasteiger partial charge in [-0.3, -0.25) is 0 Å². The van der Waals surface area contributed by atoms with Crippen LogP contribution in [0.2, 0.25) is 0 Å². The van der Waals surface area contributed by atoms with Crippen molar-refractivity contribution in [1.29, 1.82) is 10.5 Å². The lowest BCUT2D eigenvalue weighted by Gasteiger charge is -2.06. The summed E-state index contributed by atoms with van der Waals surface area (Å²) in [6.07, 6.45) is 0.681. The highest BCUT2D eigenvalue weighted by Gasteiger charge is 2.06. The summed E-state index contributed by atoms with van der Waals surface area (Å²) in [5.74, 6) is 0. The molecule has 0 atom stereocenters. The number of rotatable bonds is 2. The van der Waals surface area contributed by atoms with Crippen LogP contribution in [0.25, 0.3) is 0 Å². The Kier molecular flexibility index (Phi) is 3.41. The zero-order valence-corrected chi connectivity index (χ0v) is 10.1. The normalized spacial score (nSPS) is 9.50. The van der Waals surface area contributed by atoms with Crippen LogP contribution in [0.15, 0.2) is 42.5 Å². The summed E-state index contributed by atoms with van der Waals surface area (Å²) in [6, 6.07) is 17.7. The summed E-state index contributed by atoms with van der Waals surface area (Å²) in [5.41, 5.74) is 4.44. The molecule has 0 unspecified atom stereocenters. The third-order valence-electron chi connectivity index (χ3n) is 2.92. The summed E-state index contributed by atoms with van der Waals surface area (Å²) >= 11 is 0. The number of nitriles is 2. The monoisotopic (exact) mass is 232 g/mol. The maximum absolute atomic E-state index is 9.18. The fourth-order valence-corrected chi connectivity index (χ4v) is 2.01. The van der Waals surface area contributed by atoms with E-state index in [2.05, 4.69) is 12.1 Å². The van der Waals surface area contributed by atoms with Crippen LogP contribution in [0.5, 0.6) is 0 Å². The molecule has 0 aliphatic rings. The fourth-order valence-electron chi connectivity index (χ4n) is 2.01. The number of hydrogen-bond donors (Lipinski definition) is 0. The molecule has 86 valence electrons. The minimum absolute atomic E-state index is 0.652. The molecule has 0 bridgehead atoms. The van der Waals surface area contributed by atoms with E-state index in [0.717, 1.165) is 22.3 Å². The number of hydrogen-bond acceptors (Lipinski definition) is 2. The van der Waals surface area contributed by atoms with Gasteiger partial charge in [-0.25, -0.2) is 0 Å². The van der Waals surface area contributed by atoms with Gasteiger partial charge in [0.15, 0.2) is 0 Å². The molecule has 0 aliphatic carbocycles. The lowest BCUT2D eigenvalue weighted by molar-refractivity contribution is 1.16. The first-order chi connectivity index (χ1) is 8.74. The van der Waals surface area contributed by atoms with Crippen molar-refractivity contribution < 1.29 is 0 Å². The van der Waals surface area contributed by atoms with Crippen LogP contribution in [-0.4, -0.2) is 0 Å². The van der Waals surface area contributed by atoms with Gasteiger partial charge in [-0.05, 0) is 42.2 Å². The zero-order chi connectivity index (χ0) is 13.0. The molecule has 0 amide bonds. The van der Waals surface area contributed by atoms with Crippen LogP contribution in [0, 0.1) is 29.6 Å². The van der Waals surface area contributed by atoms with E-state index in [1.54, 1.807) is 6.07 Å². The van der Waals surface area contributed by atoms with E-state index >= 15 is 0 Å². The topological polar surface area (TPSA) is 47.6 Å². The second-order valence-electron chi connectivity index (χ2n) is 4.21. The van der Waals surface area contributed by atoms with Gasteiger partial charge in [0, 0.05) is 0 Å². The summed E-state index contributed by atoms with van der Waals surface area (Å²) in [4.78, 5) is 0. The molecule has 0 saturated carbocycles. The van der Waals surface area contributed by atoms with Crippen molar-refractivity contribution in [1.82, 2.24) is 0 Å². The molecule has 0 saturated heterocycles. The SMILES string of the molecule is Cc1cccc(Cc2cccc(C#N)c2)c1C#N. The Labute approximate surface area is 107 Å². The van der Waals surface area contributed by atoms with Gasteiger partial charge in [-0.15, -0.1) is 0 Å². The van der Waals surface area contributed by atoms with Crippen molar-refractivity contribution in [2.45, 2.75) is 13.3 Å². The summed E-state index contributed by atoms with van der Waals surface area (Å²) in [7, 11) is 0. The predicted octanol–water partition coefficient (Wildman–Crippen LogP) is 3.33. The highest BCUT2D eigenvalue weighted by atomic mass is 14.3. The van der Waals surface area contributed by atoms with E-state index in [0.29, 0.717) is 12.0 Å². The van der Waals surface area contributed by atoms with Gasteiger partial charge >= 0.3 is 0 Å². The number of nitrogens with zero attached hydrogens (tertiary/aromatic N) is 2. The molecule has 0 N–H and O–H groups in total. The Morgan fingerprint density at radius 1 is 1.00 bits per heavy atom. The minimum atomic E-state index is 0.652. The Morgan fingerprint density at radius 2 is 1.78 bits per heavy atom. The van der Waals surface area contributed by atoms with E-state index in [9.17, 15) is 5.26 Å². The Bertz CT molecular complexity index is 658. The zero-order valence-electron chi connectivity index (χ0n) is 10.1. The third-order valence-corrected chi connectivity index (χ3v) is 2.92. The van der Waals surface area contributed by atoms with Gasteiger partial charge in [0.1, 0.15) is 0 Å². The van der Waals surface area contributed by atoms with Gasteiger partial charge in [-0.1, -0.05) is 30.3 Å². The van der Waals surface area contributed by atoms with Gasteiger partial charge in [0.25, 0.3) is 0 Å². The van der Waals surface area contributed by atoms with E-state index in [4.69, 9.17) is 5.26 Å². The van der Waals surface area contributed by atoms with Gasteiger partial charge in [0.05, 0.1) is 23.3 Å². The first-order valence-electron chi connectivity index (χ1n) is 5.72. The molecule has 2 aromatic carbocycles. The number of aryl methyl sites for hydroxylation is 1. The maximum atomic E-state index is 9.18. The molecule has 0 aliphatic heterocycles. The Balaban J connectivity index is 2.38. The maximum Gasteiger partial charge on any atom is 0.0997 e. The largest absolute Gasteiger partial charge is 0.192 e. The molecule has 0 aromatic heterocycles. The quantitative estimate of drug-likeness (QED) is 0.797. The second-order valence-corrected chi connectivity index (χ2v) is 4.21. The molecule has 0 radical (unpaired) electrons. The molecule has 0 spiro atoms. The van der Waals surface area contributed by atoms with Crippen molar-refractivity contribution in [2.75, 3.05) is 0 Å². The van der Waals surface area contributed by atoms with Gasteiger partial charge < -0.3 is 0 Å². The van der Waals surface area contributed by atoms with Crippen molar-refractivity contribution in [3.63, 3.8) is 0 Å². The smallest absolute Gasteiger partial charge is 0.0997 e. The summed E-state index contributed by atoms with van der Waals surface area (Å²) in [5, 5.41) is 18.0. The Morgan fingerprint density at radius 3 is 2.50 bits per heavy atom. The summed E-state index contributed by atoms with van der Waals surface area (Å²) < 4.78 is 0. The molecule has 0 heterocycles. The average molecular weight is 232 g/mol. The van der Waals surface area contributed by atoms with Gasteiger partial charge in [0.2, 0.25) is 0 Å². The highest BCUT2D eigenvalue weighted by molar-refractivity contribution is 5.46. The third kappa shape index (κ3) is 2.39. The van der Waals surface area contributed by atoms with Crippen LogP contribution in [0.4, 0.5) is 0 Å². The molecule has 18 heavy (non-hydrogen) atoms. The van der Waals surface area contributed by atoms with Crippen LogP contribution in [0.3, 0.4) is 0 Å². The lowest BCUT2D eigenvalue weighted by Crippen LogP contribution is -1.95. The molecule has 2 aromatic rings. The number of benzene rings is 2. The van der Waals surface area contributed by atoms with E-state index in [1.165, 1.54) is 0 Å². The molecule has 2 heteroatoms. The lowest BCUT2D eigenvalue weighted by atomic mass is 9.96. The Hall–Kier alpha value is -2.58. The highest BCUT2D eigenvalue weighted by Crippen LogP contribution is 2.17. The molecule has 2 rings (SSSR count). The van der Waals surface area contributed by atoms with E-state index in [1.807, 2.05) is 43.3 Å². The second kappa shape index (κ2) is 5.17. The van der Waals surface area contributed by atoms with E-state index in [-0.39, 0.29) is 0 Å². The van der Waals surface area contributed by atoms with Crippen LogP contribution >= 0.6 is 0 Å². The standard InChI is InChI=1S/C16H12N2/c1-12-4-2-7-15(16(12)11-18)9-13-5-3-6-14(8-13)10-17/h2-8H,9H2,1H3. The molecular formula is C16H12N2. The fraction of sp³-hybridized carbons (Fsp3) is 0.125. The predicted molar refractivity (Wildman–Crippen MR) is 69.9 cm³/mol. The van der Waals surface area contributed by atoms with Crippen LogP contribution in [-0.2, 0) is 6.42 Å². The molecule has 0 fully saturated rings. The first kappa shape index (κ1) is 11.9.